The second-order valence-electron chi connectivity index (χ2n) is 7.62. The van der Waals surface area contributed by atoms with E-state index in [0.717, 1.165) is 10.5 Å². The number of rotatable bonds is 11. The van der Waals surface area contributed by atoms with Crippen LogP contribution in [-0.4, -0.2) is 35.1 Å². The fourth-order valence-corrected chi connectivity index (χ4v) is 4.43. The summed E-state index contributed by atoms with van der Waals surface area (Å²) in [6.07, 6.45) is 0.609. The molecule has 172 valence electrons. The van der Waals surface area contributed by atoms with Gasteiger partial charge in [-0.3, -0.25) is 9.59 Å². The molecule has 0 aliphatic carbocycles. The number of thioether (sulfide) groups is 1. The van der Waals surface area contributed by atoms with Gasteiger partial charge in [0.25, 0.3) is 0 Å². The van der Waals surface area contributed by atoms with Crippen LogP contribution in [0.5, 0.6) is 0 Å². The summed E-state index contributed by atoms with van der Waals surface area (Å²) in [5, 5.41) is 2.85. The Hall–Kier alpha value is -3.12. The number of carbonyl (C=O) groups is 2. The van der Waals surface area contributed by atoms with Crippen molar-refractivity contribution in [2.45, 2.75) is 37.2 Å². The maximum absolute atomic E-state index is 14.5. The van der Waals surface area contributed by atoms with E-state index in [0.29, 0.717) is 24.3 Å². The lowest BCUT2D eigenvalue weighted by Crippen LogP contribution is -2.50. The van der Waals surface area contributed by atoms with Crippen molar-refractivity contribution in [3.8, 4) is 0 Å². The number of nitrogens with zero attached hydrogens (tertiary/aromatic N) is 1. The minimum absolute atomic E-state index is 0.0378. The normalized spacial score (nSPS) is 11.6. The van der Waals surface area contributed by atoms with Crippen molar-refractivity contribution in [1.29, 1.82) is 0 Å². The summed E-state index contributed by atoms with van der Waals surface area (Å²) >= 11 is 1.59. The van der Waals surface area contributed by atoms with Gasteiger partial charge >= 0.3 is 0 Å². The molecule has 2 amide bonds. The van der Waals surface area contributed by atoms with Gasteiger partial charge < -0.3 is 10.2 Å². The van der Waals surface area contributed by atoms with E-state index >= 15 is 0 Å². The number of likely N-dealkylation sites (N-methyl/N-ethyl adjacent to an activating group) is 1. The Bertz CT molecular complexity index is 1030. The van der Waals surface area contributed by atoms with Crippen molar-refractivity contribution in [2.75, 3.05) is 12.3 Å². The molecule has 3 aromatic rings. The zero-order valence-electron chi connectivity index (χ0n) is 18.7. The average molecular weight is 465 g/mol. The summed E-state index contributed by atoms with van der Waals surface area (Å²) < 4.78 is 14.5. The van der Waals surface area contributed by atoms with E-state index in [4.69, 9.17) is 0 Å². The lowest BCUT2D eigenvalue weighted by atomic mass is 10.0. The molecule has 33 heavy (non-hydrogen) atoms. The molecule has 0 saturated carbocycles. The van der Waals surface area contributed by atoms with E-state index in [2.05, 4.69) is 5.32 Å². The van der Waals surface area contributed by atoms with Crippen molar-refractivity contribution in [1.82, 2.24) is 10.2 Å². The molecule has 0 aromatic heterocycles. The van der Waals surface area contributed by atoms with Gasteiger partial charge in [-0.15, -0.1) is 11.8 Å². The first kappa shape index (κ1) is 24.5. The lowest BCUT2D eigenvalue weighted by molar-refractivity contribution is -0.141. The molecule has 0 aliphatic rings. The highest BCUT2D eigenvalue weighted by molar-refractivity contribution is 7.99. The van der Waals surface area contributed by atoms with E-state index in [-0.39, 0.29) is 30.6 Å². The predicted octanol–water partition coefficient (Wildman–Crippen LogP) is 5.08. The zero-order chi connectivity index (χ0) is 23.5. The first-order chi connectivity index (χ1) is 16.1. The highest BCUT2D eigenvalue weighted by Gasteiger charge is 2.30. The molecular formula is C27H29FN2O2S. The van der Waals surface area contributed by atoms with Crippen LogP contribution in [0.15, 0.2) is 89.8 Å². The van der Waals surface area contributed by atoms with E-state index in [1.165, 1.54) is 11.0 Å². The van der Waals surface area contributed by atoms with Crippen molar-refractivity contribution in [3.63, 3.8) is 0 Å². The fraction of sp³-hybridized carbons (Fsp3) is 0.259. The summed E-state index contributed by atoms with van der Waals surface area (Å²) in [6.45, 7) is 2.34. The molecule has 0 aliphatic heterocycles. The molecule has 3 rings (SSSR count). The molecule has 1 atom stereocenters. The number of hydrogen-bond donors (Lipinski definition) is 1. The van der Waals surface area contributed by atoms with Crippen molar-refractivity contribution < 1.29 is 14.0 Å². The zero-order valence-corrected chi connectivity index (χ0v) is 19.6. The third-order valence-corrected chi connectivity index (χ3v) is 6.26. The Balaban J connectivity index is 1.84. The topological polar surface area (TPSA) is 49.4 Å². The van der Waals surface area contributed by atoms with Crippen LogP contribution in [0.2, 0.25) is 0 Å². The SMILES string of the molecule is CCNC(=O)C(Cc1ccccc1)N(Cc1ccccc1F)C(=O)CCSc1ccccc1. The summed E-state index contributed by atoms with van der Waals surface area (Å²) in [5.41, 5.74) is 1.34. The molecule has 0 fully saturated rings. The molecule has 1 N–H and O–H groups in total. The molecule has 0 bridgehead atoms. The number of benzene rings is 3. The summed E-state index contributed by atoms with van der Waals surface area (Å²) in [4.78, 5) is 29.1. The molecule has 0 spiro atoms. The Labute approximate surface area is 199 Å². The summed E-state index contributed by atoms with van der Waals surface area (Å²) in [6, 6.07) is 25.1. The van der Waals surface area contributed by atoms with Crippen LogP contribution in [0.3, 0.4) is 0 Å². The molecule has 4 nitrogen and oxygen atoms in total. The number of halogens is 1. The predicted molar refractivity (Wildman–Crippen MR) is 131 cm³/mol. The van der Waals surface area contributed by atoms with Gasteiger partial charge in [0.1, 0.15) is 11.9 Å². The van der Waals surface area contributed by atoms with E-state index in [9.17, 15) is 14.0 Å². The standard InChI is InChI=1S/C27H29FN2O2S/c1-2-29-27(32)25(19-21-11-5-3-6-12-21)30(20-22-13-9-10-16-24(22)28)26(31)17-18-33-23-14-7-4-8-15-23/h3-16,25H,2,17-20H2,1H3,(H,29,32). The molecule has 0 saturated heterocycles. The molecule has 0 heterocycles. The number of carbonyl (C=O) groups excluding carboxylic acids is 2. The van der Waals surface area contributed by atoms with Crippen LogP contribution >= 0.6 is 11.8 Å². The third kappa shape index (κ3) is 7.46. The minimum atomic E-state index is -0.735. The Morgan fingerprint density at radius 2 is 1.58 bits per heavy atom. The van der Waals surface area contributed by atoms with Gasteiger partial charge in [-0.2, -0.15) is 0 Å². The summed E-state index contributed by atoms with van der Waals surface area (Å²) in [5.74, 6) is -0.219. The van der Waals surface area contributed by atoms with Gasteiger partial charge in [0, 0.05) is 42.1 Å². The van der Waals surface area contributed by atoms with Gasteiger partial charge in [0.05, 0.1) is 0 Å². The number of hydrogen-bond acceptors (Lipinski definition) is 3. The number of nitrogens with one attached hydrogen (secondary N) is 1. The molecule has 1 unspecified atom stereocenters. The second-order valence-corrected chi connectivity index (χ2v) is 8.79. The van der Waals surface area contributed by atoms with Crippen LogP contribution < -0.4 is 5.32 Å². The lowest BCUT2D eigenvalue weighted by Gasteiger charge is -2.31. The van der Waals surface area contributed by atoms with Crippen LogP contribution in [0, 0.1) is 5.82 Å². The first-order valence-electron chi connectivity index (χ1n) is 11.1. The first-order valence-corrected chi connectivity index (χ1v) is 12.1. The largest absolute Gasteiger partial charge is 0.355 e. The average Bonchev–Trinajstić information content (AvgIpc) is 2.84. The second kappa shape index (κ2) is 12.8. The van der Waals surface area contributed by atoms with Gasteiger partial charge in [-0.1, -0.05) is 66.7 Å². The van der Waals surface area contributed by atoms with Crippen LogP contribution in [0.1, 0.15) is 24.5 Å². The van der Waals surface area contributed by atoms with Crippen molar-refractivity contribution in [3.05, 3.63) is 102 Å². The fourth-order valence-electron chi connectivity index (χ4n) is 3.57. The van der Waals surface area contributed by atoms with Crippen molar-refractivity contribution >= 4 is 23.6 Å². The van der Waals surface area contributed by atoms with Crippen LogP contribution in [0.25, 0.3) is 0 Å². The molecular weight excluding hydrogens is 435 g/mol. The van der Waals surface area contributed by atoms with Crippen LogP contribution in [0.4, 0.5) is 4.39 Å². The summed E-state index contributed by atoms with van der Waals surface area (Å²) in [7, 11) is 0. The smallest absolute Gasteiger partial charge is 0.243 e. The van der Waals surface area contributed by atoms with Gasteiger partial charge in [-0.25, -0.2) is 4.39 Å². The maximum Gasteiger partial charge on any atom is 0.243 e. The van der Waals surface area contributed by atoms with Crippen LogP contribution in [-0.2, 0) is 22.6 Å². The Morgan fingerprint density at radius 1 is 0.939 bits per heavy atom. The Kier molecular flexibility index (Phi) is 9.51. The number of amides is 2. The van der Waals surface area contributed by atoms with Gasteiger partial charge in [-0.05, 0) is 30.7 Å². The monoisotopic (exact) mass is 464 g/mol. The Morgan fingerprint density at radius 3 is 2.24 bits per heavy atom. The highest BCUT2D eigenvalue weighted by atomic mass is 32.2. The van der Waals surface area contributed by atoms with Gasteiger partial charge in [0.2, 0.25) is 11.8 Å². The highest BCUT2D eigenvalue weighted by Crippen LogP contribution is 2.21. The maximum atomic E-state index is 14.5. The quantitative estimate of drug-likeness (QED) is 0.403. The van der Waals surface area contributed by atoms with Gasteiger partial charge in [0.15, 0.2) is 0 Å². The molecule has 6 heteroatoms. The minimum Gasteiger partial charge on any atom is -0.355 e. The van der Waals surface area contributed by atoms with E-state index < -0.39 is 6.04 Å². The van der Waals surface area contributed by atoms with Crippen molar-refractivity contribution in [2.24, 2.45) is 0 Å². The third-order valence-electron chi connectivity index (χ3n) is 5.25. The van der Waals surface area contributed by atoms with E-state index in [1.54, 1.807) is 30.0 Å². The molecule has 3 aromatic carbocycles. The molecule has 0 radical (unpaired) electrons. The van der Waals surface area contributed by atoms with E-state index in [1.807, 2.05) is 67.6 Å².